The van der Waals surface area contributed by atoms with Gasteiger partial charge < -0.3 is 9.47 Å². The SMILES string of the molecule is O=C(C[C@@H]1C[C@H]2CC[C@H]1C2)Oc1ccc(S(=O)(=O)c2ccc(OC(=O)C[C@@H]3C[C@H]4CC[C@H]3C4)cc2)cc1. The molecule has 4 saturated carbocycles. The Hall–Kier alpha value is -2.67. The minimum Gasteiger partial charge on any atom is -0.427 e. The lowest BCUT2D eigenvalue weighted by atomic mass is 9.86. The predicted octanol–water partition coefficient (Wildman–Crippen LogP) is 5.98. The fraction of sp³-hybridized carbons (Fsp3) is 0.533. The predicted molar refractivity (Wildman–Crippen MR) is 137 cm³/mol. The van der Waals surface area contributed by atoms with Crippen LogP contribution in [0.2, 0.25) is 0 Å². The van der Waals surface area contributed by atoms with E-state index in [1.54, 1.807) is 0 Å². The minimum absolute atomic E-state index is 0.112. The third-order valence-electron chi connectivity index (χ3n) is 9.36. The average molecular weight is 523 g/mol. The summed E-state index contributed by atoms with van der Waals surface area (Å²) in [5.41, 5.74) is 0. The van der Waals surface area contributed by atoms with Crippen LogP contribution in [-0.2, 0) is 19.4 Å². The molecule has 4 bridgehead atoms. The normalized spacial score (nSPS) is 29.9. The van der Waals surface area contributed by atoms with Crippen molar-refractivity contribution >= 4 is 21.8 Å². The molecule has 0 N–H and O–H groups in total. The molecule has 0 radical (unpaired) electrons. The maximum absolute atomic E-state index is 13.1. The lowest BCUT2D eigenvalue weighted by Crippen LogP contribution is -2.18. The second-order valence-electron chi connectivity index (χ2n) is 11.7. The Bertz CT molecular complexity index is 1170. The second kappa shape index (κ2) is 9.90. The van der Waals surface area contributed by atoms with Crippen LogP contribution in [0.25, 0.3) is 0 Å². The van der Waals surface area contributed by atoms with E-state index in [4.69, 9.17) is 9.47 Å². The van der Waals surface area contributed by atoms with Crippen molar-refractivity contribution < 1.29 is 27.5 Å². The molecule has 6 rings (SSSR count). The van der Waals surface area contributed by atoms with Crippen LogP contribution in [0.3, 0.4) is 0 Å². The Morgan fingerprint density at radius 1 is 0.622 bits per heavy atom. The number of hydrogen-bond donors (Lipinski definition) is 0. The first-order valence-electron chi connectivity index (χ1n) is 13.7. The molecule has 0 unspecified atom stereocenters. The van der Waals surface area contributed by atoms with Crippen LogP contribution in [0.5, 0.6) is 11.5 Å². The van der Waals surface area contributed by atoms with Gasteiger partial charge in [0.1, 0.15) is 11.5 Å². The number of esters is 2. The quantitative estimate of drug-likeness (QED) is 0.313. The zero-order valence-electron chi connectivity index (χ0n) is 21.0. The Balaban J connectivity index is 1.03. The van der Waals surface area contributed by atoms with Gasteiger partial charge in [0.2, 0.25) is 9.84 Å². The molecule has 4 aliphatic carbocycles. The zero-order valence-corrected chi connectivity index (χ0v) is 21.8. The van der Waals surface area contributed by atoms with Gasteiger partial charge >= 0.3 is 11.9 Å². The molecule has 0 aromatic heterocycles. The van der Waals surface area contributed by atoms with Crippen molar-refractivity contribution in [1.82, 2.24) is 0 Å². The van der Waals surface area contributed by atoms with Crippen LogP contribution in [0, 0.1) is 35.5 Å². The molecular formula is C30H34O6S. The summed E-state index contributed by atoms with van der Waals surface area (Å²) in [4.78, 5) is 25.0. The van der Waals surface area contributed by atoms with Gasteiger partial charge in [0.25, 0.3) is 0 Å². The number of fused-ring (bicyclic) bond motifs is 4. The van der Waals surface area contributed by atoms with Gasteiger partial charge in [0, 0.05) is 12.8 Å². The first-order valence-corrected chi connectivity index (χ1v) is 15.2. The van der Waals surface area contributed by atoms with Crippen molar-refractivity contribution in [3.05, 3.63) is 48.5 Å². The molecule has 4 fully saturated rings. The van der Waals surface area contributed by atoms with Crippen molar-refractivity contribution in [2.75, 3.05) is 0 Å². The Morgan fingerprint density at radius 2 is 1.03 bits per heavy atom. The van der Waals surface area contributed by atoms with Crippen LogP contribution in [-0.4, -0.2) is 20.4 Å². The molecule has 6 atom stereocenters. The molecule has 0 saturated heterocycles. The van der Waals surface area contributed by atoms with E-state index in [1.165, 1.54) is 87.1 Å². The van der Waals surface area contributed by atoms with E-state index in [9.17, 15) is 18.0 Å². The monoisotopic (exact) mass is 522 g/mol. The second-order valence-corrected chi connectivity index (χ2v) is 13.6. The summed E-state index contributed by atoms with van der Waals surface area (Å²) in [6.07, 6.45) is 10.6. The smallest absolute Gasteiger partial charge is 0.311 e. The molecule has 0 heterocycles. The highest BCUT2D eigenvalue weighted by Gasteiger charge is 2.41. The highest BCUT2D eigenvalue weighted by Crippen LogP contribution is 2.50. The van der Waals surface area contributed by atoms with Gasteiger partial charge in [0.05, 0.1) is 9.79 Å². The van der Waals surface area contributed by atoms with Crippen LogP contribution < -0.4 is 9.47 Å². The molecule has 0 spiro atoms. The minimum atomic E-state index is -3.76. The lowest BCUT2D eigenvalue weighted by Gasteiger charge is -2.20. The molecule has 4 aliphatic rings. The van der Waals surface area contributed by atoms with Crippen LogP contribution >= 0.6 is 0 Å². The van der Waals surface area contributed by atoms with E-state index >= 15 is 0 Å². The molecule has 2 aromatic rings. The van der Waals surface area contributed by atoms with Crippen molar-refractivity contribution in [2.45, 2.75) is 74.0 Å². The van der Waals surface area contributed by atoms with Gasteiger partial charge in [-0.3, -0.25) is 9.59 Å². The Morgan fingerprint density at radius 3 is 1.35 bits per heavy atom. The maximum Gasteiger partial charge on any atom is 0.311 e. The fourth-order valence-corrected chi connectivity index (χ4v) is 8.80. The number of carbonyl (C=O) groups excluding carboxylic acids is 2. The summed E-state index contributed by atoms with van der Waals surface area (Å²) >= 11 is 0. The number of hydrogen-bond acceptors (Lipinski definition) is 6. The summed E-state index contributed by atoms with van der Waals surface area (Å²) < 4.78 is 37.2. The highest BCUT2D eigenvalue weighted by molar-refractivity contribution is 7.91. The van der Waals surface area contributed by atoms with Gasteiger partial charge in [0.15, 0.2) is 0 Å². The van der Waals surface area contributed by atoms with Gasteiger partial charge in [-0.1, -0.05) is 12.8 Å². The van der Waals surface area contributed by atoms with Crippen molar-refractivity contribution in [1.29, 1.82) is 0 Å². The summed E-state index contributed by atoms with van der Waals surface area (Å²) in [5, 5.41) is 0. The number of ether oxygens (including phenoxy) is 2. The molecule has 6 nitrogen and oxygen atoms in total. The molecule has 0 amide bonds. The van der Waals surface area contributed by atoms with Crippen LogP contribution in [0.15, 0.2) is 58.3 Å². The fourth-order valence-electron chi connectivity index (χ4n) is 7.54. The third kappa shape index (κ3) is 5.20. The largest absolute Gasteiger partial charge is 0.427 e. The van der Waals surface area contributed by atoms with Crippen LogP contribution in [0.1, 0.15) is 64.2 Å². The lowest BCUT2D eigenvalue weighted by molar-refractivity contribution is -0.136. The van der Waals surface area contributed by atoms with E-state index in [-0.39, 0.29) is 21.7 Å². The summed E-state index contributed by atoms with van der Waals surface area (Å²) in [6, 6.07) is 11.9. The Labute approximate surface area is 218 Å². The summed E-state index contributed by atoms with van der Waals surface area (Å²) in [6.45, 7) is 0. The maximum atomic E-state index is 13.1. The van der Waals surface area contributed by atoms with Crippen molar-refractivity contribution in [2.24, 2.45) is 35.5 Å². The zero-order chi connectivity index (χ0) is 25.6. The highest BCUT2D eigenvalue weighted by atomic mass is 32.2. The molecule has 2 aromatic carbocycles. The van der Waals surface area contributed by atoms with E-state index in [2.05, 4.69) is 0 Å². The standard InChI is InChI=1S/C30H34O6S/c31-29(17-23-15-19-1-3-21(23)13-19)35-25-5-9-27(10-6-25)37(33,34)28-11-7-26(8-12-28)36-30(32)18-24-16-20-2-4-22(24)14-20/h5-12,19-24H,1-4,13-18H2/t19-,20-,21-,22-,23-,24-/m0/s1. The van der Waals surface area contributed by atoms with Gasteiger partial charge in [-0.2, -0.15) is 0 Å². The number of rotatable bonds is 8. The molecule has 0 aliphatic heterocycles. The van der Waals surface area contributed by atoms with Gasteiger partial charge in [-0.05, 0) is 123 Å². The molecule has 37 heavy (non-hydrogen) atoms. The van der Waals surface area contributed by atoms with Crippen molar-refractivity contribution in [3.8, 4) is 11.5 Å². The summed E-state index contributed by atoms with van der Waals surface area (Å²) in [5.74, 6) is 3.91. The van der Waals surface area contributed by atoms with Gasteiger partial charge in [-0.15, -0.1) is 0 Å². The molecule has 7 heteroatoms. The molecular weight excluding hydrogens is 488 g/mol. The van der Waals surface area contributed by atoms with Crippen LogP contribution in [0.4, 0.5) is 0 Å². The average Bonchev–Trinajstić information content (AvgIpc) is 3.67. The van der Waals surface area contributed by atoms with E-state index < -0.39 is 9.84 Å². The first kappa shape index (κ1) is 24.7. The number of benzene rings is 2. The topological polar surface area (TPSA) is 86.7 Å². The third-order valence-corrected chi connectivity index (χ3v) is 11.1. The first-order chi connectivity index (χ1) is 17.8. The summed E-state index contributed by atoms with van der Waals surface area (Å²) in [7, 11) is -3.76. The van der Waals surface area contributed by atoms with E-state index in [0.29, 0.717) is 48.0 Å². The van der Waals surface area contributed by atoms with E-state index in [1.807, 2.05) is 0 Å². The Kier molecular flexibility index (Phi) is 6.59. The van der Waals surface area contributed by atoms with Crippen molar-refractivity contribution in [3.63, 3.8) is 0 Å². The molecule has 196 valence electrons. The number of carbonyl (C=O) groups is 2. The van der Waals surface area contributed by atoms with E-state index in [0.717, 1.165) is 24.7 Å². The van der Waals surface area contributed by atoms with Gasteiger partial charge in [-0.25, -0.2) is 8.42 Å². The number of sulfone groups is 1.